The molecule has 0 aliphatic carbocycles. The van der Waals surface area contributed by atoms with Gasteiger partial charge in [0.05, 0.1) is 35.4 Å². The van der Waals surface area contributed by atoms with Gasteiger partial charge in [-0.2, -0.15) is 10.2 Å². The Bertz CT molecular complexity index is 1650. The minimum Gasteiger partial charge on any atom is -0.462 e. The molecule has 13 heteroatoms. The molecule has 1 atom stereocenters. The van der Waals surface area contributed by atoms with Crippen molar-refractivity contribution in [1.29, 1.82) is 5.26 Å². The summed E-state index contributed by atoms with van der Waals surface area (Å²) in [6, 6.07) is 1.24. The number of pyridine rings is 1. The van der Waals surface area contributed by atoms with Gasteiger partial charge in [0.2, 0.25) is 0 Å². The number of nitriles is 1. The number of likely N-dealkylation sites (tertiary alicyclic amines) is 1. The van der Waals surface area contributed by atoms with Gasteiger partial charge in [0.25, 0.3) is 5.92 Å². The first-order chi connectivity index (χ1) is 18.2. The third kappa shape index (κ3) is 3.91. The number of hydrogen-bond acceptors (Lipinski definition) is 9. The quantitative estimate of drug-likeness (QED) is 0.366. The van der Waals surface area contributed by atoms with Gasteiger partial charge in [-0.25, -0.2) is 22.5 Å². The highest BCUT2D eigenvalue weighted by Gasteiger charge is 2.39. The number of alkyl halides is 2. The molecule has 196 valence electrons. The van der Waals surface area contributed by atoms with Crippen molar-refractivity contribution >= 4 is 37.3 Å². The number of nitrogens with two attached hydrogens (primary N) is 1. The normalized spacial score (nSPS) is 19.1. The monoisotopic (exact) mass is 544 g/mol. The number of rotatable bonds is 4. The predicted molar refractivity (Wildman–Crippen MR) is 132 cm³/mol. The molecular weight excluding hydrogens is 524 g/mol. The second-order valence-corrected chi connectivity index (χ2v) is 10.5. The zero-order chi connectivity index (χ0) is 26.8. The van der Waals surface area contributed by atoms with E-state index in [9.17, 15) is 18.4 Å². The maximum Gasteiger partial charge on any atom is 0.317 e. The van der Waals surface area contributed by atoms with Gasteiger partial charge in [0.1, 0.15) is 23.2 Å². The van der Waals surface area contributed by atoms with Crippen molar-refractivity contribution < 1.29 is 27.0 Å². The summed E-state index contributed by atoms with van der Waals surface area (Å²) < 4.78 is 70.0. The maximum atomic E-state index is 16.3. The van der Waals surface area contributed by atoms with E-state index in [-0.39, 0.29) is 82.6 Å². The molecule has 1 aromatic carbocycles. The summed E-state index contributed by atoms with van der Waals surface area (Å²) in [6.45, 7) is 0.354. The van der Waals surface area contributed by atoms with Crippen molar-refractivity contribution in [1.82, 2.24) is 19.9 Å². The van der Waals surface area contributed by atoms with Gasteiger partial charge in [-0.05, 0) is 18.2 Å². The zero-order valence-electron chi connectivity index (χ0n) is 20.0. The maximum absolute atomic E-state index is 16.3. The van der Waals surface area contributed by atoms with Gasteiger partial charge < -0.3 is 15.2 Å². The number of likely N-dealkylation sites (N-methyl/N-ethyl adjacent to an activating group) is 1. The summed E-state index contributed by atoms with van der Waals surface area (Å²) in [5, 5.41) is 10.3. The van der Waals surface area contributed by atoms with Crippen LogP contribution in [-0.2, 0) is 18.0 Å². The van der Waals surface area contributed by atoms with Crippen molar-refractivity contribution in [3.63, 3.8) is 0 Å². The lowest BCUT2D eigenvalue weighted by atomic mass is 9.94. The zero-order valence-corrected chi connectivity index (χ0v) is 20.8. The fourth-order valence-electron chi connectivity index (χ4n) is 5.08. The van der Waals surface area contributed by atoms with E-state index in [1.54, 1.807) is 11.9 Å². The third-order valence-corrected chi connectivity index (χ3v) is 8.14. The molecule has 0 unspecified atom stereocenters. The highest BCUT2D eigenvalue weighted by Crippen LogP contribution is 2.45. The van der Waals surface area contributed by atoms with E-state index in [0.29, 0.717) is 16.5 Å². The average Bonchev–Trinajstić information content (AvgIpc) is 3.50. The van der Waals surface area contributed by atoms with Gasteiger partial charge in [0.15, 0.2) is 11.6 Å². The van der Waals surface area contributed by atoms with Crippen molar-refractivity contribution in [2.75, 3.05) is 25.9 Å². The van der Waals surface area contributed by atoms with Crippen LogP contribution < -0.4 is 10.5 Å². The number of benzene rings is 1. The molecule has 3 aromatic heterocycles. The summed E-state index contributed by atoms with van der Waals surface area (Å²) >= 11 is 0.888. The van der Waals surface area contributed by atoms with Crippen LogP contribution in [-0.4, -0.2) is 52.0 Å². The number of piperidine rings is 1. The van der Waals surface area contributed by atoms with Crippen LogP contribution in [0.25, 0.3) is 32.2 Å². The van der Waals surface area contributed by atoms with Gasteiger partial charge in [0, 0.05) is 48.0 Å². The number of halogens is 4. The molecule has 8 nitrogen and oxygen atoms in total. The Morgan fingerprint density at radius 3 is 2.84 bits per heavy atom. The topological polar surface area (TPSA) is 110 Å². The van der Waals surface area contributed by atoms with E-state index in [4.69, 9.17) is 15.2 Å². The molecular formula is C25H20F4N6O2S. The number of nitrogen functional groups attached to an aromatic ring is 1. The highest BCUT2D eigenvalue weighted by atomic mass is 32.1. The molecule has 0 bridgehead atoms. The Balaban J connectivity index is 1.47. The smallest absolute Gasteiger partial charge is 0.317 e. The lowest BCUT2D eigenvalue weighted by Gasteiger charge is -2.36. The number of fused-ring (bicyclic) bond motifs is 4. The molecule has 2 aliphatic rings. The Kier molecular flexibility index (Phi) is 5.86. The molecule has 5 heterocycles. The number of anilines is 1. The van der Waals surface area contributed by atoms with Crippen LogP contribution in [0.15, 0.2) is 12.4 Å². The van der Waals surface area contributed by atoms with Crippen molar-refractivity contribution in [2.45, 2.75) is 38.0 Å². The van der Waals surface area contributed by atoms with Gasteiger partial charge in [-0.1, -0.05) is 0 Å². The van der Waals surface area contributed by atoms with E-state index in [1.165, 1.54) is 6.20 Å². The molecule has 2 N–H and O–H groups in total. The molecule has 1 saturated heterocycles. The van der Waals surface area contributed by atoms with Crippen LogP contribution in [0, 0.1) is 23.0 Å². The first-order valence-corrected chi connectivity index (χ1v) is 12.6. The highest BCUT2D eigenvalue weighted by molar-refractivity contribution is 7.23. The van der Waals surface area contributed by atoms with Crippen molar-refractivity contribution in [3.05, 3.63) is 40.7 Å². The third-order valence-electron chi connectivity index (χ3n) is 7.12. The SMILES string of the molecule is CN1CCC(F)(F)C[C@H]1COc1ncc2c3c(c(-c4ncc(F)c5sc(N)c(C#N)c45)c(F)c2n1)COC3. The second-order valence-electron chi connectivity index (χ2n) is 9.42. The summed E-state index contributed by atoms with van der Waals surface area (Å²) in [6.07, 6.45) is 1.79. The standard InChI is InChI=1S/C25H20F4N6O2S/c1-35-3-2-25(28,29)4-11(35)8-37-24-33-6-13-14-9-36-10-15(14)17(19(27)20(13)34-24)21-18-12(5-30)23(31)38-22(18)16(26)7-32-21/h6-7,11H,2-4,8-10,31H2,1H3/t11-/m0/s1. The van der Waals surface area contributed by atoms with Crippen molar-refractivity contribution in [2.24, 2.45) is 0 Å². The Morgan fingerprint density at radius 2 is 2.05 bits per heavy atom. The summed E-state index contributed by atoms with van der Waals surface area (Å²) in [7, 11) is 1.74. The summed E-state index contributed by atoms with van der Waals surface area (Å²) in [4.78, 5) is 14.4. The molecule has 2 aliphatic heterocycles. The Hall–Kier alpha value is -3.60. The number of aromatic nitrogens is 3. The van der Waals surface area contributed by atoms with Crippen LogP contribution in [0.5, 0.6) is 6.01 Å². The minimum atomic E-state index is -2.78. The number of thiophene rings is 1. The number of nitrogens with zero attached hydrogens (tertiary/aromatic N) is 5. The lowest BCUT2D eigenvalue weighted by Crippen LogP contribution is -2.47. The first-order valence-electron chi connectivity index (χ1n) is 11.7. The summed E-state index contributed by atoms with van der Waals surface area (Å²) in [5.74, 6) is -4.23. The Labute approximate surface area is 217 Å². The fraction of sp³-hybridized carbons (Fsp3) is 0.360. The summed E-state index contributed by atoms with van der Waals surface area (Å²) in [5.41, 5.74) is 7.10. The molecule has 6 rings (SSSR count). The average molecular weight is 545 g/mol. The van der Waals surface area contributed by atoms with E-state index in [1.807, 2.05) is 6.07 Å². The van der Waals surface area contributed by atoms with Gasteiger partial charge >= 0.3 is 6.01 Å². The fourth-order valence-corrected chi connectivity index (χ4v) is 6.00. The van der Waals surface area contributed by atoms with Crippen LogP contribution in [0.4, 0.5) is 22.6 Å². The molecule has 0 amide bonds. The van der Waals surface area contributed by atoms with E-state index < -0.39 is 23.6 Å². The molecule has 4 aromatic rings. The molecule has 38 heavy (non-hydrogen) atoms. The van der Waals surface area contributed by atoms with Crippen LogP contribution in [0.2, 0.25) is 0 Å². The number of hydrogen-bond donors (Lipinski definition) is 1. The minimum absolute atomic E-state index is 0.0132. The molecule has 1 fully saturated rings. The molecule has 0 radical (unpaired) electrons. The second kappa shape index (κ2) is 9.00. The molecule has 0 saturated carbocycles. The number of ether oxygens (including phenoxy) is 2. The van der Waals surface area contributed by atoms with E-state index >= 15 is 4.39 Å². The van der Waals surface area contributed by atoms with Crippen LogP contribution in [0.1, 0.15) is 29.5 Å². The van der Waals surface area contributed by atoms with E-state index in [0.717, 1.165) is 17.5 Å². The van der Waals surface area contributed by atoms with Crippen LogP contribution in [0.3, 0.4) is 0 Å². The molecule has 0 spiro atoms. The van der Waals surface area contributed by atoms with E-state index in [2.05, 4.69) is 15.0 Å². The van der Waals surface area contributed by atoms with Crippen LogP contribution >= 0.6 is 11.3 Å². The van der Waals surface area contributed by atoms with Gasteiger partial charge in [-0.3, -0.25) is 9.88 Å². The first kappa shape index (κ1) is 24.7. The van der Waals surface area contributed by atoms with Gasteiger partial charge in [-0.15, -0.1) is 11.3 Å². The predicted octanol–water partition coefficient (Wildman–Crippen LogP) is 4.78. The lowest BCUT2D eigenvalue weighted by molar-refractivity contribution is -0.0795. The largest absolute Gasteiger partial charge is 0.462 e. The Morgan fingerprint density at radius 1 is 1.26 bits per heavy atom. The van der Waals surface area contributed by atoms with Crippen molar-refractivity contribution in [3.8, 4) is 23.3 Å².